The van der Waals surface area contributed by atoms with Crippen LogP contribution in [0.2, 0.25) is 10.0 Å². The minimum Gasteiger partial charge on any atom is -0.343 e. The van der Waals surface area contributed by atoms with E-state index in [1.54, 1.807) is 6.07 Å². The van der Waals surface area contributed by atoms with Gasteiger partial charge in [0.2, 0.25) is 0 Å². The van der Waals surface area contributed by atoms with Gasteiger partial charge in [0, 0.05) is 23.2 Å². The molecule has 0 fully saturated rings. The number of hydrogen-bond donors (Lipinski definition) is 0. The molecule has 0 aliphatic carbocycles. The summed E-state index contributed by atoms with van der Waals surface area (Å²) in [5, 5.41) is 2.42. The van der Waals surface area contributed by atoms with Crippen molar-refractivity contribution in [3.05, 3.63) is 69.3 Å². The van der Waals surface area contributed by atoms with Crippen LogP contribution in [0, 0.1) is 13.8 Å². The second-order valence-electron chi connectivity index (χ2n) is 5.13. The van der Waals surface area contributed by atoms with Crippen LogP contribution in [0.15, 0.2) is 42.6 Å². The molecule has 20 heavy (non-hydrogen) atoms. The normalized spacial score (nSPS) is 11.2. The molecule has 3 aromatic rings. The summed E-state index contributed by atoms with van der Waals surface area (Å²) in [7, 11) is 0. The van der Waals surface area contributed by atoms with E-state index in [-0.39, 0.29) is 0 Å². The summed E-state index contributed by atoms with van der Waals surface area (Å²) in [4.78, 5) is 0. The predicted octanol–water partition coefficient (Wildman–Crippen LogP) is 5.61. The molecule has 0 saturated carbocycles. The minimum absolute atomic E-state index is 0.670. The Morgan fingerprint density at radius 1 is 1.00 bits per heavy atom. The van der Waals surface area contributed by atoms with E-state index in [1.165, 1.54) is 16.7 Å². The third-order valence-corrected chi connectivity index (χ3v) is 4.31. The van der Waals surface area contributed by atoms with E-state index in [2.05, 4.69) is 42.8 Å². The molecule has 2 aromatic carbocycles. The Morgan fingerprint density at radius 3 is 2.40 bits per heavy atom. The summed E-state index contributed by atoms with van der Waals surface area (Å²) in [6, 6.07) is 12.2. The predicted molar refractivity (Wildman–Crippen MR) is 87.0 cm³/mol. The van der Waals surface area contributed by atoms with Crippen molar-refractivity contribution >= 4 is 34.1 Å². The SMILES string of the molecule is Cc1cccc(C)c1Cn1ccc2c(Cl)cc(Cl)cc21. The number of aryl methyl sites for hydroxylation is 2. The molecule has 0 aliphatic heterocycles. The molecule has 3 rings (SSSR count). The van der Waals surface area contributed by atoms with Gasteiger partial charge in [-0.1, -0.05) is 41.4 Å². The maximum absolute atomic E-state index is 6.24. The zero-order valence-electron chi connectivity index (χ0n) is 11.5. The van der Waals surface area contributed by atoms with Crippen LogP contribution in [0.3, 0.4) is 0 Å². The van der Waals surface area contributed by atoms with Gasteiger partial charge in [0.1, 0.15) is 0 Å². The fraction of sp³-hybridized carbons (Fsp3) is 0.176. The lowest BCUT2D eigenvalue weighted by atomic mass is 10.0. The Hall–Kier alpha value is -1.44. The zero-order valence-corrected chi connectivity index (χ0v) is 13.0. The fourth-order valence-corrected chi connectivity index (χ4v) is 3.17. The van der Waals surface area contributed by atoms with Gasteiger partial charge in [-0.3, -0.25) is 0 Å². The van der Waals surface area contributed by atoms with Crippen LogP contribution < -0.4 is 0 Å². The summed E-state index contributed by atoms with van der Waals surface area (Å²) in [6.07, 6.45) is 2.07. The summed E-state index contributed by atoms with van der Waals surface area (Å²) in [5.74, 6) is 0. The molecule has 3 heteroatoms. The second kappa shape index (κ2) is 5.16. The van der Waals surface area contributed by atoms with Crippen molar-refractivity contribution in [3.8, 4) is 0 Å². The van der Waals surface area contributed by atoms with Gasteiger partial charge in [0.25, 0.3) is 0 Å². The first-order chi connectivity index (χ1) is 9.56. The molecule has 0 spiro atoms. The summed E-state index contributed by atoms with van der Waals surface area (Å²) in [5.41, 5.74) is 5.03. The number of hydrogen-bond acceptors (Lipinski definition) is 0. The highest BCUT2D eigenvalue weighted by molar-refractivity contribution is 6.38. The average Bonchev–Trinajstić information content (AvgIpc) is 2.77. The monoisotopic (exact) mass is 303 g/mol. The lowest BCUT2D eigenvalue weighted by molar-refractivity contribution is 0.824. The lowest BCUT2D eigenvalue weighted by Gasteiger charge is -2.12. The quantitative estimate of drug-likeness (QED) is 0.579. The van der Waals surface area contributed by atoms with Gasteiger partial charge in [-0.05, 0) is 48.7 Å². The maximum Gasteiger partial charge on any atom is 0.0514 e. The first kappa shape index (κ1) is 13.5. The fourth-order valence-electron chi connectivity index (χ4n) is 2.63. The van der Waals surface area contributed by atoms with E-state index in [9.17, 15) is 0 Å². The molecule has 1 aromatic heterocycles. The maximum atomic E-state index is 6.24. The van der Waals surface area contributed by atoms with Crippen molar-refractivity contribution < 1.29 is 0 Å². The van der Waals surface area contributed by atoms with Crippen molar-refractivity contribution in [2.75, 3.05) is 0 Å². The molecule has 102 valence electrons. The molecule has 0 radical (unpaired) electrons. The molecule has 0 bridgehead atoms. The molecule has 1 heterocycles. The van der Waals surface area contributed by atoms with Crippen molar-refractivity contribution in [2.24, 2.45) is 0 Å². The first-order valence-corrected chi connectivity index (χ1v) is 7.31. The number of aromatic nitrogens is 1. The number of halogens is 2. The van der Waals surface area contributed by atoms with E-state index in [0.29, 0.717) is 10.0 Å². The van der Waals surface area contributed by atoms with Crippen molar-refractivity contribution in [1.82, 2.24) is 4.57 Å². The van der Waals surface area contributed by atoms with Crippen LogP contribution in [0.4, 0.5) is 0 Å². The Kier molecular flexibility index (Phi) is 3.49. The molecular weight excluding hydrogens is 289 g/mol. The molecule has 0 unspecified atom stereocenters. The molecule has 0 amide bonds. The van der Waals surface area contributed by atoms with Crippen LogP contribution in [-0.4, -0.2) is 4.57 Å². The smallest absolute Gasteiger partial charge is 0.0514 e. The molecule has 1 nitrogen and oxygen atoms in total. The van der Waals surface area contributed by atoms with E-state index < -0.39 is 0 Å². The highest BCUT2D eigenvalue weighted by atomic mass is 35.5. The van der Waals surface area contributed by atoms with E-state index in [1.807, 2.05) is 12.1 Å². The van der Waals surface area contributed by atoms with Gasteiger partial charge < -0.3 is 4.57 Å². The number of nitrogens with zero attached hydrogens (tertiary/aromatic N) is 1. The Morgan fingerprint density at radius 2 is 1.70 bits per heavy atom. The largest absolute Gasteiger partial charge is 0.343 e. The second-order valence-corrected chi connectivity index (χ2v) is 5.98. The van der Waals surface area contributed by atoms with Crippen LogP contribution >= 0.6 is 23.2 Å². The standard InChI is InChI=1S/C17H15Cl2N/c1-11-4-3-5-12(2)15(11)10-20-7-6-14-16(19)8-13(18)9-17(14)20/h3-9H,10H2,1-2H3. The van der Waals surface area contributed by atoms with Crippen LogP contribution in [-0.2, 0) is 6.54 Å². The Bertz CT molecular complexity index is 767. The molecule has 0 aliphatic rings. The van der Waals surface area contributed by atoms with E-state index in [0.717, 1.165) is 17.4 Å². The minimum atomic E-state index is 0.670. The molecular formula is C17H15Cl2N. The molecule has 0 N–H and O–H groups in total. The first-order valence-electron chi connectivity index (χ1n) is 6.55. The lowest BCUT2D eigenvalue weighted by Crippen LogP contribution is -2.02. The van der Waals surface area contributed by atoms with Gasteiger partial charge >= 0.3 is 0 Å². The third kappa shape index (κ3) is 2.32. The highest BCUT2D eigenvalue weighted by Gasteiger charge is 2.09. The summed E-state index contributed by atoms with van der Waals surface area (Å²) >= 11 is 12.4. The zero-order chi connectivity index (χ0) is 14.3. The van der Waals surface area contributed by atoms with Gasteiger partial charge in [-0.15, -0.1) is 0 Å². The third-order valence-electron chi connectivity index (χ3n) is 3.78. The number of benzene rings is 2. The summed E-state index contributed by atoms with van der Waals surface area (Å²) in [6.45, 7) is 5.13. The summed E-state index contributed by atoms with van der Waals surface area (Å²) < 4.78 is 2.20. The van der Waals surface area contributed by atoms with Crippen molar-refractivity contribution in [1.29, 1.82) is 0 Å². The van der Waals surface area contributed by atoms with Crippen LogP contribution in [0.1, 0.15) is 16.7 Å². The van der Waals surface area contributed by atoms with Crippen molar-refractivity contribution in [3.63, 3.8) is 0 Å². The van der Waals surface area contributed by atoms with Crippen molar-refractivity contribution in [2.45, 2.75) is 20.4 Å². The van der Waals surface area contributed by atoms with Gasteiger partial charge in [0.15, 0.2) is 0 Å². The van der Waals surface area contributed by atoms with Gasteiger partial charge in [-0.2, -0.15) is 0 Å². The van der Waals surface area contributed by atoms with Gasteiger partial charge in [-0.25, -0.2) is 0 Å². The Labute approximate surface area is 128 Å². The van der Waals surface area contributed by atoms with E-state index >= 15 is 0 Å². The molecule has 0 atom stereocenters. The highest BCUT2D eigenvalue weighted by Crippen LogP contribution is 2.29. The number of fused-ring (bicyclic) bond motifs is 1. The molecule has 0 saturated heterocycles. The topological polar surface area (TPSA) is 4.93 Å². The van der Waals surface area contributed by atoms with Gasteiger partial charge in [0.05, 0.1) is 10.5 Å². The average molecular weight is 304 g/mol. The van der Waals surface area contributed by atoms with Crippen LogP contribution in [0.5, 0.6) is 0 Å². The number of rotatable bonds is 2. The Balaban J connectivity index is 2.12. The van der Waals surface area contributed by atoms with E-state index in [4.69, 9.17) is 23.2 Å². The van der Waals surface area contributed by atoms with Crippen LogP contribution in [0.25, 0.3) is 10.9 Å².